The second-order valence-corrected chi connectivity index (χ2v) is 7.62. The maximum atomic E-state index is 6.32. The summed E-state index contributed by atoms with van der Waals surface area (Å²) in [6.07, 6.45) is 0. The van der Waals surface area contributed by atoms with Crippen molar-refractivity contribution in [2.45, 2.75) is 0 Å². The summed E-state index contributed by atoms with van der Waals surface area (Å²) in [4.78, 5) is 0. The van der Waals surface area contributed by atoms with Gasteiger partial charge in [0.2, 0.25) is 8.01 Å². The fourth-order valence-corrected chi connectivity index (χ4v) is 4.65. The molecule has 1 unspecified atom stereocenters. The van der Waals surface area contributed by atoms with Crippen molar-refractivity contribution in [2.24, 2.45) is 6.66 Å². The SMILES string of the molecule is CNc1cc2c(op(C)oc3ccc4ccccc4c32)c2ccccc12. The zero-order valence-corrected chi connectivity index (χ0v) is 15.5. The Bertz CT molecular complexity index is 1340. The molecule has 0 saturated carbocycles. The molecule has 1 atom stereocenters. The average molecular weight is 359 g/mol. The van der Waals surface area contributed by atoms with Gasteiger partial charge in [-0.15, -0.1) is 0 Å². The highest BCUT2D eigenvalue weighted by molar-refractivity contribution is 7.35. The van der Waals surface area contributed by atoms with E-state index in [0.29, 0.717) is 0 Å². The van der Waals surface area contributed by atoms with Crippen molar-refractivity contribution in [1.29, 1.82) is 0 Å². The van der Waals surface area contributed by atoms with E-state index in [0.717, 1.165) is 38.4 Å². The van der Waals surface area contributed by atoms with Gasteiger partial charge in [0.15, 0.2) is 0 Å². The van der Waals surface area contributed by atoms with Gasteiger partial charge in [-0.05, 0) is 22.9 Å². The minimum Gasteiger partial charge on any atom is -0.419 e. The van der Waals surface area contributed by atoms with Crippen molar-refractivity contribution in [3.05, 3.63) is 66.7 Å². The molecule has 0 bridgehead atoms. The van der Waals surface area contributed by atoms with Crippen molar-refractivity contribution in [2.75, 3.05) is 12.4 Å². The zero-order chi connectivity index (χ0) is 17.7. The lowest BCUT2D eigenvalue weighted by atomic mass is 9.99. The Morgan fingerprint density at radius 3 is 2.31 bits per heavy atom. The number of benzene rings is 4. The minimum absolute atomic E-state index is 0.883. The van der Waals surface area contributed by atoms with E-state index in [9.17, 15) is 0 Å². The quantitative estimate of drug-likeness (QED) is 0.345. The van der Waals surface area contributed by atoms with Gasteiger partial charge in [0.1, 0.15) is 11.2 Å². The molecule has 1 N–H and O–H groups in total. The number of hydrogen-bond donors (Lipinski definition) is 1. The van der Waals surface area contributed by atoms with Crippen molar-refractivity contribution in [3.8, 4) is 0 Å². The van der Waals surface area contributed by atoms with Crippen LogP contribution in [0.2, 0.25) is 0 Å². The van der Waals surface area contributed by atoms with Gasteiger partial charge in [0.05, 0.1) is 0 Å². The Hall–Kier alpha value is -2.90. The monoisotopic (exact) mass is 359 g/mol. The Balaban J connectivity index is 2.18. The van der Waals surface area contributed by atoms with Crippen LogP contribution in [0.25, 0.3) is 43.5 Å². The van der Waals surface area contributed by atoms with Gasteiger partial charge in [-0.1, -0.05) is 54.6 Å². The molecule has 0 aliphatic carbocycles. The third-order valence-electron chi connectivity index (χ3n) is 4.87. The van der Waals surface area contributed by atoms with E-state index in [2.05, 4.69) is 72.0 Å². The molecule has 0 spiro atoms. The summed E-state index contributed by atoms with van der Waals surface area (Å²) in [5.41, 5.74) is 2.88. The van der Waals surface area contributed by atoms with Crippen LogP contribution in [-0.4, -0.2) is 7.05 Å². The summed E-state index contributed by atoms with van der Waals surface area (Å²) < 4.78 is 12.5. The average Bonchev–Trinajstić information content (AvgIpc) is 2.83. The molecule has 4 aromatic carbocycles. The first-order valence-electron chi connectivity index (χ1n) is 8.61. The molecule has 5 aromatic rings. The molecule has 0 fully saturated rings. The number of anilines is 1. The summed E-state index contributed by atoms with van der Waals surface area (Å²) in [5, 5.41) is 10.2. The van der Waals surface area contributed by atoms with Crippen LogP contribution in [0.5, 0.6) is 0 Å². The molecule has 0 saturated heterocycles. The van der Waals surface area contributed by atoms with E-state index in [1.54, 1.807) is 0 Å². The van der Waals surface area contributed by atoms with Gasteiger partial charge in [-0.3, -0.25) is 0 Å². The van der Waals surface area contributed by atoms with Crippen LogP contribution >= 0.6 is 8.01 Å². The molecule has 128 valence electrons. The standard InChI is InChI=1S/C22H18NO2P/c1-23-19-13-18-21-15-8-4-3-7-14(15)11-12-20(21)24-26(2)25-22(18)17-10-6-5-9-16(17)19/h3-13,23H,1-2H3. The topological polar surface area (TPSA) is 38.3 Å². The van der Waals surface area contributed by atoms with Gasteiger partial charge < -0.3 is 13.7 Å². The zero-order valence-electron chi connectivity index (χ0n) is 14.6. The second kappa shape index (κ2) is 5.82. The highest BCUT2D eigenvalue weighted by Gasteiger charge is 2.13. The highest BCUT2D eigenvalue weighted by atomic mass is 31.1. The first kappa shape index (κ1) is 15.4. The third-order valence-corrected chi connectivity index (χ3v) is 5.76. The normalized spacial score (nSPS) is 12.2. The number of aryl methyl sites for hydroxylation is 1. The summed E-state index contributed by atoms with van der Waals surface area (Å²) in [6, 6.07) is 23.1. The summed E-state index contributed by atoms with van der Waals surface area (Å²) in [7, 11) is 0.903. The van der Waals surface area contributed by atoms with Crippen LogP contribution in [0.4, 0.5) is 5.69 Å². The van der Waals surface area contributed by atoms with Gasteiger partial charge in [-0.25, -0.2) is 0 Å². The van der Waals surface area contributed by atoms with Crippen LogP contribution in [0, 0.1) is 0 Å². The van der Waals surface area contributed by atoms with Crippen LogP contribution in [0.15, 0.2) is 75.1 Å². The van der Waals surface area contributed by atoms with Crippen LogP contribution < -0.4 is 5.32 Å². The number of fused-ring (bicyclic) bond motifs is 7. The first-order valence-corrected chi connectivity index (χ1v) is 10.2. The summed E-state index contributed by atoms with van der Waals surface area (Å²) >= 11 is 0. The number of nitrogens with one attached hydrogen (secondary N) is 1. The predicted molar refractivity (Wildman–Crippen MR) is 112 cm³/mol. The first-order chi connectivity index (χ1) is 12.8. The second-order valence-electron chi connectivity index (χ2n) is 6.38. The van der Waals surface area contributed by atoms with Gasteiger partial charge in [0, 0.05) is 40.9 Å². The Labute approximate surface area is 151 Å². The molecule has 0 radical (unpaired) electrons. The summed E-state index contributed by atoms with van der Waals surface area (Å²) in [6.45, 7) is 2.00. The summed E-state index contributed by atoms with van der Waals surface area (Å²) in [5.74, 6) is 0. The highest BCUT2D eigenvalue weighted by Crippen LogP contribution is 2.41. The molecule has 4 heteroatoms. The molecule has 0 aliphatic heterocycles. The fraction of sp³-hybridized carbons (Fsp3) is 0.0909. The van der Waals surface area contributed by atoms with Gasteiger partial charge in [0.25, 0.3) is 0 Å². The minimum atomic E-state index is -1.05. The number of rotatable bonds is 1. The van der Waals surface area contributed by atoms with Gasteiger partial charge in [-0.2, -0.15) is 0 Å². The molecular weight excluding hydrogens is 341 g/mol. The molecule has 1 aromatic heterocycles. The smallest absolute Gasteiger partial charge is 0.213 e. The fourth-order valence-electron chi connectivity index (χ4n) is 3.73. The van der Waals surface area contributed by atoms with Crippen molar-refractivity contribution >= 4 is 57.2 Å². The third kappa shape index (κ3) is 2.21. The molecule has 0 amide bonds. The largest absolute Gasteiger partial charge is 0.419 e. The van der Waals surface area contributed by atoms with Crippen molar-refractivity contribution in [1.82, 2.24) is 0 Å². The van der Waals surface area contributed by atoms with E-state index in [-0.39, 0.29) is 0 Å². The lowest BCUT2D eigenvalue weighted by Crippen LogP contribution is -1.90. The Kier molecular flexibility index (Phi) is 3.44. The van der Waals surface area contributed by atoms with E-state index in [1.807, 2.05) is 13.7 Å². The molecule has 26 heavy (non-hydrogen) atoms. The lowest BCUT2D eigenvalue weighted by Gasteiger charge is -2.09. The molecule has 3 nitrogen and oxygen atoms in total. The molecule has 0 aliphatic rings. The Morgan fingerprint density at radius 2 is 1.50 bits per heavy atom. The molecule has 1 heterocycles. The van der Waals surface area contributed by atoms with Crippen molar-refractivity contribution < 1.29 is 8.39 Å². The van der Waals surface area contributed by atoms with Gasteiger partial charge >= 0.3 is 0 Å². The maximum absolute atomic E-state index is 6.32. The van der Waals surface area contributed by atoms with E-state index < -0.39 is 8.01 Å². The van der Waals surface area contributed by atoms with Crippen molar-refractivity contribution in [3.63, 3.8) is 0 Å². The molecule has 5 rings (SSSR count). The maximum Gasteiger partial charge on any atom is 0.213 e. The predicted octanol–water partition coefficient (Wildman–Crippen LogP) is 7.18. The molecular formula is C22H18NO2P. The van der Waals surface area contributed by atoms with Crippen LogP contribution in [-0.2, 0) is 6.66 Å². The van der Waals surface area contributed by atoms with Crippen LogP contribution in [0.3, 0.4) is 0 Å². The lowest BCUT2D eigenvalue weighted by molar-refractivity contribution is 0.646. The van der Waals surface area contributed by atoms with Crippen LogP contribution in [0.1, 0.15) is 0 Å². The number of hydrogen-bond acceptors (Lipinski definition) is 3. The van der Waals surface area contributed by atoms with E-state index in [1.165, 1.54) is 10.8 Å². The van der Waals surface area contributed by atoms with E-state index in [4.69, 9.17) is 8.39 Å². The Morgan fingerprint density at radius 1 is 0.769 bits per heavy atom. The van der Waals surface area contributed by atoms with E-state index >= 15 is 0 Å².